The van der Waals surface area contributed by atoms with Crippen molar-refractivity contribution in [3.8, 4) is 5.75 Å². The van der Waals surface area contributed by atoms with E-state index in [2.05, 4.69) is 0 Å². The van der Waals surface area contributed by atoms with Crippen LogP contribution in [0, 0.1) is 18.6 Å². The number of nitrogens with two attached hydrogens (primary N) is 1. The van der Waals surface area contributed by atoms with Crippen molar-refractivity contribution < 1.29 is 13.9 Å². The SMILES string of the molecule is Cc1c(O)c(N)cc(F)c1F. The van der Waals surface area contributed by atoms with E-state index < -0.39 is 17.4 Å². The van der Waals surface area contributed by atoms with Crippen LogP contribution in [0.2, 0.25) is 0 Å². The van der Waals surface area contributed by atoms with Gasteiger partial charge < -0.3 is 10.8 Å². The average Bonchev–Trinajstić information content (AvgIpc) is 1.97. The molecule has 1 rings (SSSR count). The summed E-state index contributed by atoms with van der Waals surface area (Å²) in [5.41, 5.74) is 4.82. The van der Waals surface area contributed by atoms with Crippen LogP contribution in [0.15, 0.2) is 6.07 Å². The molecule has 4 heteroatoms. The lowest BCUT2D eigenvalue weighted by Crippen LogP contribution is -1.94. The fourth-order valence-corrected chi connectivity index (χ4v) is 0.768. The van der Waals surface area contributed by atoms with Gasteiger partial charge in [-0.05, 0) is 6.92 Å². The third-order valence-corrected chi connectivity index (χ3v) is 1.45. The van der Waals surface area contributed by atoms with Crippen molar-refractivity contribution >= 4 is 5.69 Å². The van der Waals surface area contributed by atoms with Gasteiger partial charge in [-0.1, -0.05) is 0 Å². The van der Waals surface area contributed by atoms with Gasteiger partial charge in [0.1, 0.15) is 5.75 Å². The molecule has 0 aromatic heterocycles. The summed E-state index contributed by atoms with van der Waals surface area (Å²) in [5, 5.41) is 8.98. The van der Waals surface area contributed by atoms with E-state index >= 15 is 0 Å². The van der Waals surface area contributed by atoms with E-state index in [9.17, 15) is 8.78 Å². The summed E-state index contributed by atoms with van der Waals surface area (Å²) in [7, 11) is 0. The van der Waals surface area contributed by atoms with Crippen molar-refractivity contribution in [3.63, 3.8) is 0 Å². The lowest BCUT2D eigenvalue weighted by molar-refractivity contribution is 0.450. The Kier molecular flexibility index (Phi) is 1.68. The predicted octanol–water partition coefficient (Wildman–Crippen LogP) is 1.56. The van der Waals surface area contributed by atoms with Crippen LogP contribution in [0.5, 0.6) is 5.75 Å². The van der Waals surface area contributed by atoms with Crippen LogP contribution in [0.4, 0.5) is 14.5 Å². The molecule has 0 heterocycles. The molecular formula is C7H7F2NO. The number of phenols is 1. The van der Waals surface area contributed by atoms with Gasteiger partial charge in [-0.2, -0.15) is 0 Å². The molecule has 0 radical (unpaired) electrons. The number of nitrogen functional groups attached to an aromatic ring is 1. The van der Waals surface area contributed by atoms with Crippen LogP contribution < -0.4 is 5.73 Å². The molecule has 0 aliphatic rings. The predicted molar refractivity (Wildman–Crippen MR) is 37.2 cm³/mol. The molecular weight excluding hydrogens is 152 g/mol. The maximum Gasteiger partial charge on any atom is 0.165 e. The van der Waals surface area contributed by atoms with Gasteiger partial charge in [0, 0.05) is 11.6 Å². The highest BCUT2D eigenvalue weighted by Gasteiger charge is 2.11. The zero-order chi connectivity index (χ0) is 8.59. The summed E-state index contributed by atoms with van der Waals surface area (Å²) in [4.78, 5) is 0. The van der Waals surface area contributed by atoms with Crippen molar-refractivity contribution in [1.82, 2.24) is 0 Å². The molecule has 11 heavy (non-hydrogen) atoms. The van der Waals surface area contributed by atoms with E-state index in [1.807, 2.05) is 0 Å². The van der Waals surface area contributed by atoms with Gasteiger partial charge in [-0.15, -0.1) is 0 Å². The summed E-state index contributed by atoms with van der Waals surface area (Å²) in [6, 6.07) is 0.748. The van der Waals surface area contributed by atoms with E-state index in [1.165, 1.54) is 6.92 Å². The summed E-state index contributed by atoms with van der Waals surface area (Å²) in [6.07, 6.45) is 0. The first-order valence-electron chi connectivity index (χ1n) is 2.97. The van der Waals surface area contributed by atoms with E-state index in [-0.39, 0.29) is 11.3 Å². The monoisotopic (exact) mass is 159 g/mol. The number of benzene rings is 1. The van der Waals surface area contributed by atoms with Crippen molar-refractivity contribution in [2.45, 2.75) is 6.92 Å². The molecule has 1 aromatic carbocycles. The Hall–Kier alpha value is -1.32. The molecule has 0 saturated carbocycles. The summed E-state index contributed by atoms with van der Waals surface area (Å²) >= 11 is 0. The molecule has 0 amide bonds. The van der Waals surface area contributed by atoms with Crippen molar-refractivity contribution in [1.29, 1.82) is 0 Å². The van der Waals surface area contributed by atoms with E-state index in [1.54, 1.807) is 0 Å². The second kappa shape index (κ2) is 2.38. The first kappa shape index (κ1) is 7.78. The number of anilines is 1. The maximum absolute atomic E-state index is 12.6. The third-order valence-electron chi connectivity index (χ3n) is 1.45. The molecule has 0 spiro atoms. The summed E-state index contributed by atoms with van der Waals surface area (Å²) in [5.74, 6) is -2.50. The molecule has 0 saturated heterocycles. The Morgan fingerprint density at radius 1 is 1.45 bits per heavy atom. The van der Waals surface area contributed by atoms with Crippen LogP contribution in [0.25, 0.3) is 0 Å². The van der Waals surface area contributed by atoms with Crippen molar-refractivity contribution in [2.24, 2.45) is 0 Å². The average molecular weight is 159 g/mol. The molecule has 3 N–H and O–H groups in total. The van der Waals surface area contributed by atoms with Gasteiger partial charge in [-0.25, -0.2) is 8.78 Å². The Morgan fingerprint density at radius 2 is 2.00 bits per heavy atom. The molecule has 0 fully saturated rings. The molecule has 0 atom stereocenters. The Balaban J connectivity index is 3.46. The molecule has 0 unspecified atom stereocenters. The highest BCUT2D eigenvalue weighted by atomic mass is 19.2. The summed E-state index contributed by atoms with van der Waals surface area (Å²) < 4.78 is 25.0. The molecule has 2 nitrogen and oxygen atoms in total. The topological polar surface area (TPSA) is 46.2 Å². The Bertz CT molecular complexity index is 273. The summed E-state index contributed by atoms with van der Waals surface area (Å²) in [6.45, 7) is 1.25. The van der Waals surface area contributed by atoms with Crippen molar-refractivity contribution in [2.75, 3.05) is 5.73 Å². The molecule has 1 aromatic rings. The van der Waals surface area contributed by atoms with Crippen LogP contribution in [-0.2, 0) is 0 Å². The minimum absolute atomic E-state index is 0.151. The number of halogens is 2. The fourth-order valence-electron chi connectivity index (χ4n) is 0.768. The zero-order valence-electron chi connectivity index (χ0n) is 5.86. The highest BCUT2D eigenvalue weighted by molar-refractivity contribution is 5.56. The quantitative estimate of drug-likeness (QED) is 0.445. The highest BCUT2D eigenvalue weighted by Crippen LogP contribution is 2.28. The van der Waals surface area contributed by atoms with Crippen LogP contribution in [0.3, 0.4) is 0 Å². The second-order valence-corrected chi connectivity index (χ2v) is 2.24. The van der Waals surface area contributed by atoms with Crippen molar-refractivity contribution in [3.05, 3.63) is 23.3 Å². The molecule has 60 valence electrons. The van der Waals surface area contributed by atoms with Gasteiger partial charge in [0.05, 0.1) is 5.69 Å². The van der Waals surface area contributed by atoms with E-state index in [4.69, 9.17) is 10.8 Å². The largest absolute Gasteiger partial charge is 0.505 e. The fraction of sp³-hybridized carbons (Fsp3) is 0.143. The first-order valence-corrected chi connectivity index (χ1v) is 2.97. The van der Waals surface area contributed by atoms with Crippen LogP contribution >= 0.6 is 0 Å². The molecule has 0 bridgehead atoms. The minimum Gasteiger partial charge on any atom is -0.505 e. The van der Waals surface area contributed by atoms with Crippen LogP contribution in [-0.4, -0.2) is 5.11 Å². The molecule has 0 aliphatic heterocycles. The standard InChI is InChI=1S/C7H7F2NO/c1-3-6(9)4(8)2-5(10)7(3)11/h2,11H,10H2,1H3. The lowest BCUT2D eigenvalue weighted by Gasteiger charge is -2.03. The first-order chi connectivity index (χ1) is 5.04. The number of phenolic OH excluding ortho intramolecular Hbond substituents is 1. The second-order valence-electron chi connectivity index (χ2n) is 2.24. The van der Waals surface area contributed by atoms with Gasteiger partial charge in [0.15, 0.2) is 11.6 Å². The number of hydrogen-bond acceptors (Lipinski definition) is 2. The smallest absolute Gasteiger partial charge is 0.165 e. The van der Waals surface area contributed by atoms with Gasteiger partial charge in [0.25, 0.3) is 0 Å². The van der Waals surface area contributed by atoms with E-state index in [0.717, 1.165) is 6.07 Å². The van der Waals surface area contributed by atoms with Crippen LogP contribution in [0.1, 0.15) is 5.56 Å². The number of aromatic hydroxyl groups is 1. The minimum atomic E-state index is -1.06. The third kappa shape index (κ3) is 1.11. The van der Waals surface area contributed by atoms with Gasteiger partial charge in [0.2, 0.25) is 0 Å². The number of hydrogen-bond donors (Lipinski definition) is 2. The van der Waals surface area contributed by atoms with E-state index in [0.29, 0.717) is 0 Å². The Morgan fingerprint density at radius 3 is 2.55 bits per heavy atom. The van der Waals surface area contributed by atoms with Gasteiger partial charge >= 0.3 is 0 Å². The van der Waals surface area contributed by atoms with Gasteiger partial charge in [-0.3, -0.25) is 0 Å². The zero-order valence-corrected chi connectivity index (χ0v) is 5.86. The number of rotatable bonds is 0. The Labute approximate surface area is 62.3 Å². The maximum atomic E-state index is 12.6. The molecule has 0 aliphatic carbocycles. The lowest BCUT2D eigenvalue weighted by atomic mass is 10.2. The normalized spacial score (nSPS) is 10.1.